The number of amides is 1. The Morgan fingerprint density at radius 3 is 2.09 bits per heavy atom. The van der Waals surface area contributed by atoms with Gasteiger partial charge in [-0.3, -0.25) is 19.7 Å². The lowest BCUT2D eigenvalue weighted by atomic mass is 9.98. The summed E-state index contributed by atoms with van der Waals surface area (Å²) in [4.78, 5) is 62.3. The number of rotatable bonds is 9. The summed E-state index contributed by atoms with van der Waals surface area (Å²) in [5, 5.41) is 2.33. The maximum Gasteiger partial charge on any atom is 0.344 e. The number of carbonyl (C=O) groups is 5. The van der Waals surface area contributed by atoms with E-state index in [-0.39, 0.29) is 46.3 Å². The zero-order valence-corrected chi connectivity index (χ0v) is 19.4. The second kappa shape index (κ2) is 11.1. The average molecular weight is 477 g/mol. The Balaban J connectivity index is 1.75. The Bertz CT molecular complexity index is 1290. The standard InChI is InChI=1S/C26H23NO8/c1-4-33-26(32)22-21(15(2)28)16(3)35-24(22)27-20(29)14-34-25(31)19-13-9-8-12-18(19)23(30)17-10-6-5-7-11-17/h5-13H,4,14H2,1-3H3,(H,27,29). The zero-order chi connectivity index (χ0) is 25.5. The number of nitrogens with one attached hydrogen (secondary N) is 1. The predicted octanol–water partition coefficient (Wildman–Crippen LogP) is 3.99. The van der Waals surface area contributed by atoms with Crippen LogP contribution in [-0.4, -0.2) is 42.6 Å². The molecule has 0 bridgehead atoms. The second-order valence-electron chi connectivity index (χ2n) is 7.38. The molecule has 9 heteroatoms. The summed E-state index contributed by atoms with van der Waals surface area (Å²) >= 11 is 0. The van der Waals surface area contributed by atoms with E-state index in [9.17, 15) is 24.0 Å². The molecule has 35 heavy (non-hydrogen) atoms. The maximum atomic E-state index is 12.8. The van der Waals surface area contributed by atoms with Crippen molar-refractivity contribution in [3.8, 4) is 0 Å². The summed E-state index contributed by atoms with van der Waals surface area (Å²) in [7, 11) is 0. The van der Waals surface area contributed by atoms with Crippen LogP contribution < -0.4 is 5.32 Å². The van der Waals surface area contributed by atoms with Gasteiger partial charge < -0.3 is 13.9 Å². The monoisotopic (exact) mass is 477 g/mol. The van der Waals surface area contributed by atoms with Crippen LogP contribution in [-0.2, 0) is 14.3 Å². The molecule has 1 aromatic heterocycles. The van der Waals surface area contributed by atoms with Crippen molar-refractivity contribution in [1.29, 1.82) is 0 Å². The Hall–Kier alpha value is -4.53. The Morgan fingerprint density at radius 1 is 0.829 bits per heavy atom. The third kappa shape index (κ3) is 5.70. The van der Waals surface area contributed by atoms with E-state index in [1.807, 2.05) is 0 Å². The molecule has 0 radical (unpaired) electrons. The molecule has 0 fully saturated rings. The van der Waals surface area contributed by atoms with Gasteiger partial charge in [0.05, 0.1) is 17.7 Å². The number of anilines is 1. The van der Waals surface area contributed by atoms with E-state index in [4.69, 9.17) is 13.9 Å². The number of carbonyl (C=O) groups excluding carboxylic acids is 5. The van der Waals surface area contributed by atoms with Crippen molar-refractivity contribution in [2.45, 2.75) is 20.8 Å². The fourth-order valence-electron chi connectivity index (χ4n) is 3.43. The van der Waals surface area contributed by atoms with Crippen molar-refractivity contribution >= 4 is 35.3 Å². The third-order valence-corrected chi connectivity index (χ3v) is 4.93. The van der Waals surface area contributed by atoms with Crippen molar-refractivity contribution in [2.24, 2.45) is 0 Å². The topological polar surface area (TPSA) is 129 Å². The van der Waals surface area contributed by atoms with Gasteiger partial charge in [-0.25, -0.2) is 9.59 Å². The molecule has 9 nitrogen and oxygen atoms in total. The van der Waals surface area contributed by atoms with E-state index in [1.54, 1.807) is 49.4 Å². The van der Waals surface area contributed by atoms with E-state index in [1.165, 1.54) is 26.0 Å². The molecule has 2 aromatic carbocycles. The SMILES string of the molecule is CCOC(=O)c1c(NC(=O)COC(=O)c2ccccc2C(=O)c2ccccc2)oc(C)c1C(C)=O. The molecule has 1 N–H and O–H groups in total. The molecule has 3 aromatic rings. The van der Waals surface area contributed by atoms with Crippen LogP contribution in [0.2, 0.25) is 0 Å². The molecule has 1 heterocycles. The van der Waals surface area contributed by atoms with E-state index in [0.717, 1.165) is 0 Å². The van der Waals surface area contributed by atoms with Crippen LogP contribution in [0.15, 0.2) is 59.0 Å². The van der Waals surface area contributed by atoms with Gasteiger partial charge >= 0.3 is 11.9 Å². The van der Waals surface area contributed by atoms with E-state index in [0.29, 0.717) is 5.56 Å². The third-order valence-electron chi connectivity index (χ3n) is 4.93. The van der Waals surface area contributed by atoms with Gasteiger partial charge in [0, 0.05) is 11.1 Å². The maximum absolute atomic E-state index is 12.8. The number of hydrogen-bond acceptors (Lipinski definition) is 8. The molecule has 1 amide bonds. The molecule has 0 aliphatic carbocycles. The van der Waals surface area contributed by atoms with Gasteiger partial charge in [-0.1, -0.05) is 48.5 Å². The fraction of sp³-hybridized carbons (Fsp3) is 0.192. The summed E-state index contributed by atoms with van der Waals surface area (Å²) < 4.78 is 15.5. The lowest BCUT2D eigenvalue weighted by Gasteiger charge is -2.09. The summed E-state index contributed by atoms with van der Waals surface area (Å²) in [6.07, 6.45) is 0. The van der Waals surface area contributed by atoms with Gasteiger partial charge in [-0.15, -0.1) is 0 Å². The Kier molecular flexibility index (Phi) is 7.93. The second-order valence-corrected chi connectivity index (χ2v) is 7.38. The Labute approximate surface area is 201 Å². The number of benzene rings is 2. The molecular weight excluding hydrogens is 454 g/mol. The number of esters is 2. The Morgan fingerprint density at radius 2 is 1.46 bits per heavy atom. The first-order chi connectivity index (χ1) is 16.7. The van der Waals surface area contributed by atoms with Crippen molar-refractivity contribution < 1.29 is 37.9 Å². The highest BCUT2D eigenvalue weighted by molar-refractivity contribution is 6.15. The fourth-order valence-corrected chi connectivity index (χ4v) is 3.43. The van der Waals surface area contributed by atoms with Gasteiger partial charge in [0.2, 0.25) is 5.88 Å². The van der Waals surface area contributed by atoms with Crippen LogP contribution in [0.5, 0.6) is 0 Å². The van der Waals surface area contributed by atoms with Crippen molar-refractivity contribution in [1.82, 2.24) is 0 Å². The van der Waals surface area contributed by atoms with Gasteiger partial charge in [-0.2, -0.15) is 0 Å². The summed E-state index contributed by atoms with van der Waals surface area (Å²) in [5.74, 6) is -3.51. The smallest absolute Gasteiger partial charge is 0.344 e. The van der Waals surface area contributed by atoms with Crippen LogP contribution in [0.25, 0.3) is 0 Å². The minimum absolute atomic E-state index is 0.00549. The summed E-state index contributed by atoms with van der Waals surface area (Å²) in [5.41, 5.74) is 0.293. The van der Waals surface area contributed by atoms with Crippen LogP contribution in [0.4, 0.5) is 5.88 Å². The molecule has 3 rings (SSSR count). The normalized spacial score (nSPS) is 10.4. The molecule has 0 aliphatic rings. The predicted molar refractivity (Wildman–Crippen MR) is 125 cm³/mol. The largest absolute Gasteiger partial charge is 0.462 e. The van der Waals surface area contributed by atoms with Crippen LogP contribution in [0, 0.1) is 6.92 Å². The van der Waals surface area contributed by atoms with E-state index >= 15 is 0 Å². The number of ketones is 2. The van der Waals surface area contributed by atoms with Crippen LogP contribution in [0.1, 0.15) is 66.6 Å². The minimum Gasteiger partial charge on any atom is -0.462 e. The van der Waals surface area contributed by atoms with Crippen LogP contribution in [0.3, 0.4) is 0 Å². The summed E-state index contributed by atoms with van der Waals surface area (Å²) in [6, 6.07) is 14.5. The number of Topliss-reactive ketones (excluding diaryl/α,β-unsaturated/α-hetero) is 1. The first-order valence-corrected chi connectivity index (χ1v) is 10.7. The van der Waals surface area contributed by atoms with E-state index in [2.05, 4.69) is 5.32 Å². The minimum atomic E-state index is -0.884. The van der Waals surface area contributed by atoms with Gasteiger partial charge in [-0.05, 0) is 26.8 Å². The highest BCUT2D eigenvalue weighted by Crippen LogP contribution is 2.28. The van der Waals surface area contributed by atoms with Crippen molar-refractivity contribution in [3.63, 3.8) is 0 Å². The molecule has 0 saturated heterocycles. The summed E-state index contributed by atoms with van der Waals surface area (Å²) in [6.45, 7) is 3.63. The molecule has 0 saturated carbocycles. The van der Waals surface area contributed by atoms with Gasteiger partial charge in [0.15, 0.2) is 18.2 Å². The van der Waals surface area contributed by atoms with Crippen molar-refractivity contribution in [3.05, 3.63) is 88.2 Å². The quantitative estimate of drug-likeness (QED) is 0.362. The van der Waals surface area contributed by atoms with Gasteiger partial charge in [0.1, 0.15) is 11.3 Å². The lowest BCUT2D eigenvalue weighted by molar-refractivity contribution is -0.119. The molecular formula is C26H23NO8. The molecule has 0 unspecified atom stereocenters. The molecule has 0 aliphatic heterocycles. The average Bonchev–Trinajstić information content (AvgIpc) is 3.18. The highest BCUT2D eigenvalue weighted by atomic mass is 16.5. The number of ether oxygens (including phenoxy) is 2. The van der Waals surface area contributed by atoms with Crippen LogP contribution >= 0.6 is 0 Å². The molecule has 0 spiro atoms. The highest BCUT2D eigenvalue weighted by Gasteiger charge is 2.29. The van der Waals surface area contributed by atoms with Crippen molar-refractivity contribution in [2.75, 3.05) is 18.5 Å². The molecule has 0 atom stereocenters. The van der Waals surface area contributed by atoms with Gasteiger partial charge in [0.25, 0.3) is 5.91 Å². The number of hydrogen-bond donors (Lipinski definition) is 1. The molecule has 180 valence electrons. The first kappa shape index (κ1) is 25.1. The first-order valence-electron chi connectivity index (χ1n) is 10.7. The number of aryl methyl sites for hydroxylation is 1. The van der Waals surface area contributed by atoms with E-state index < -0.39 is 30.2 Å². The number of furan rings is 1. The zero-order valence-electron chi connectivity index (χ0n) is 19.4. The lowest BCUT2D eigenvalue weighted by Crippen LogP contribution is -2.23.